The SMILES string of the molecule is CCCNC(=O)COc1cccc(NCCN)c1. The highest BCUT2D eigenvalue weighted by Gasteiger charge is 2.02. The molecule has 1 amide bonds. The normalized spacial score (nSPS) is 9.89. The highest BCUT2D eigenvalue weighted by Crippen LogP contribution is 2.16. The van der Waals surface area contributed by atoms with Gasteiger partial charge in [-0.2, -0.15) is 0 Å². The fourth-order valence-corrected chi connectivity index (χ4v) is 1.38. The Balaban J connectivity index is 2.39. The molecule has 0 aliphatic heterocycles. The summed E-state index contributed by atoms with van der Waals surface area (Å²) in [5, 5.41) is 5.91. The Labute approximate surface area is 108 Å². The number of hydrogen-bond donors (Lipinski definition) is 3. The molecule has 5 nitrogen and oxygen atoms in total. The van der Waals surface area contributed by atoms with Gasteiger partial charge in [0, 0.05) is 31.4 Å². The van der Waals surface area contributed by atoms with E-state index in [1.165, 1.54) is 0 Å². The average Bonchev–Trinajstić information content (AvgIpc) is 2.41. The molecule has 0 aliphatic carbocycles. The quantitative estimate of drug-likeness (QED) is 0.643. The number of nitrogens with one attached hydrogen (secondary N) is 2. The molecule has 4 N–H and O–H groups in total. The van der Waals surface area contributed by atoms with Crippen LogP contribution in [0.3, 0.4) is 0 Å². The van der Waals surface area contributed by atoms with Crippen molar-refractivity contribution in [3.8, 4) is 5.75 Å². The summed E-state index contributed by atoms with van der Waals surface area (Å²) >= 11 is 0. The van der Waals surface area contributed by atoms with Crippen LogP contribution < -0.4 is 21.1 Å². The molecule has 0 unspecified atom stereocenters. The molecule has 0 bridgehead atoms. The second kappa shape index (κ2) is 8.36. The highest BCUT2D eigenvalue weighted by molar-refractivity contribution is 5.77. The molecular formula is C13H21N3O2. The molecule has 1 rings (SSSR count). The lowest BCUT2D eigenvalue weighted by atomic mass is 10.3. The zero-order chi connectivity index (χ0) is 13.2. The topological polar surface area (TPSA) is 76.4 Å². The number of nitrogens with two attached hydrogens (primary N) is 1. The Morgan fingerprint density at radius 3 is 2.94 bits per heavy atom. The van der Waals surface area contributed by atoms with E-state index in [-0.39, 0.29) is 12.5 Å². The van der Waals surface area contributed by atoms with Gasteiger partial charge in [0.25, 0.3) is 5.91 Å². The number of benzene rings is 1. The number of ether oxygens (including phenoxy) is 1. The minimum atomic E-state index is -0.0998. The van der Waals surface area contributed by atoms with E-state index in [1.807, 2.05) is 31.2 Å². The van der Waals surface area contributed by atoms with Gasteiger partial charge in [-0.05, 0) is 18.6 Å². The summed E-state index contributed by atoms with van der Waals surface area (Å²) in [6.45, 7) is 4.01. The largest absolute Gasteiger partial charge is 0.484 e. The third-order valence-corrected chi connectivity index (χ3v) is 2.25. The molecule has 1 aromatic rings. The van der Waals surface area contributed by atoms with E-state index >= 15 is 0 Å². The smallest absolute Gasteiger partial charge is 0.257 e. The number of anilines is 1. The van der Waals surface area contributed by atoms with E-state index in [1.54, 1.807) is 0 Å². The van der Waals surface area contributed by atoms with Crippen molar-refractivity contribution in [2.75, 3.05) is 31.6 Å². The molecule has 0 aromatic heterocycles. The molecule has 0 aliphatic rings. The first-order valence-corrected chi connectivity index (χ1v) is 6.19. The fourth-order valence-electron chi connectivity index (χ4n) is 1.38. The third kappa shape index (κ3) is 5.54. The second-order valence-electron chi connectivity index (χ2n) is 3.88. The predicted molar refractivity (Wildman–Crippen MR) is 72.8 cm³/mol. The molecular weight excluding hydrogens is 230 g/mol. The molecule has 18 heavy (non-hydrogen) atoms. The van der Waals surface area contributed by atoms with E-state index < -0.39 is 0 Å². The van der Waals surface area contributed by atoms with Crippen molar-refractivity contribution >= 4 is 11.6 Å². The van der Waals surface area contributed by atoms with E-state index in [0.717, 1.165) is 12.1 Å². The number of rotatable bonds is 8. The minimum absolute atomic E-state index is 0.0420. The van der Waals surface area contributed by atoms with Crippen molar-refractivity contribution in [3.05, 3.63) is 24.3 Å². The van der Waals surface area contributed by atoms with E-state index in [9.17, 15) is 4.79 Å². The average molecular weight is 251 g/mol. The van der Waals surface area contributed by atoms with E-state index in [2.05, 4.69) is 10.6 Å². The Kier molecular flexibility index (Phi) is 6.64. The minimum Gasteiger partial charge on any atom is -0.484 e. The van der Waals surface area contributed by atoms with E-state index in [4.69, 9.17) is 10.5 Å². The molecule has 0 heterocycles. The summed E-state index contributed by atoms with van der Waals surface area (Å²) < 4.78 is 5.40. The van der Waals surface area contributed by atoms with Crippen molar-refractivity contribution in [2.24, 2.45) is 5.73 Å². The first-order chi connectivity index (χ1) is 8.76. The number of hydrogen-bond acceptors (Lipinski definition) is 4. The van der Waals surface area contributed by atoms with Crippen molar-refractivity contribution in [1.29, 1.82) is 0 Å². The summed E-state index contributed by atoms with van der Waals surface area (Å²) in [7, 11) is 0. The molecule has 100 valence electrons. The van der Waals surface area contributed by atoms with Crippen LogP contribution in [-0.4, -0.2) is 32.1 Å². The van der Waals surface area contributed by atoms with Crippen LogP contribution in [0, 0.1) is 0 Å². The standard InChI is InChI=1S/C13H21N3O2/c1-2-7-16-13(17)10-18-12-5-3-4-11(9-12)15-8-6-14/h3-5,9,15H,2,6-8,10,14H2,1H3,(H,16,17). The zero-order valence-corrected chi connectivity index (χ0v) is 10.7. The number of amides is 1. The molecule has 1 aromatic carbocycles. The van der Waals surface area contributed by atoms with Crippen molar-refractivity contribution in [1.82, 2.24) is 5.32 Å². The molecule has 0 saturated heterocycles. The van der Waals surface area contributed by atoms with Crippen LogP contribution in [0.2, 0.25) is 0 Å². The molecule has 0 radical (unpaired) electrons. The maximum atomic E-state index is 11.4. The van der Waals surface area contributed by atoms with Crippen LogP contribution in [0.4, 0.5) is 5.69 Å². The van der Waals surface area contributed by atoms with Gasteiger partial charge in [-0.15, -0.1) is 0 Å². The first-order valence-electron chi connectivity index (χ1n) is 6.19. The van der Waals surface area contributed by atoms with Crippen molar-refractivity contribution in [2.45, 2.75) is 13.3 Å². The molecule has 0 atom stereocenters. The Hall–Kier alpha value is -1.75. The van der Waals surface area contributed by atoms with Gasteiger partial charge in [0.1, 0.15) is 5.75 Å². The van der Waals surface area contributed by atoms with Gasteiger partial charge < -0.3 is 21.1 Å². The van der Waals surface area contributed by atoms with Gasteiger partial charge in [-0.25, -0.2) is 0 Å². The van der Waals surface area contributed by atoms with Crippen LogP contribution in [0.1, 0.15) is 13.3 Å². The first kappa shape index (κ1) is 14.3. The number of carbonyl (C=O) groups is 1. The fraction of sp³-hybridized carbons (Fsp3) is 0.462. The van der Waals surface area contributed by atoms with Crippen molar-refractivity contribution in [3.63, 3.8) is 0 Å². The number of carbonyl (C=O) groups excluding carboxylic acids is 1. The Morgan fingerprint density at radius 2 is 2.22 bits per heavy atom. The van der Waals surface area contributed by atoms with Gasteiger partial charge in [0.05, 0.1) is 0 Å². The summed E-state index contributed by atoms with van der Waals surface area (Å²) in [5.74, 6) is 0.570. The maximum Gasteiger partial charge on any atom is 0.257 e. The Morgan fingerprint density at radius 1 is 1.39 bits per heavy atom. The summed E-state index contributed by atoms with van der Waals surface area (Å²) in [6, 6.07) is 7.47. The summed E-state index contributed by atoms with van der Waals surface area (Å²) in [4.78, 5) is 11.4. The Bertz CT molecular complexity index is 369. The summed E-state index contributed by atoms with van der Waals surface area (Å²) in [5.41, 5.74) is 6.35. The predicted octanol–water partition coefficient (Wildman–Crippen LogP) is 0.962. The lowest BCUT2D eigenvalue weighted by Gasteiger charge is -2.09. The van der Waals surface area contributed by atoms with Gasteiger partial charge in [0.15, 0.2) is 6.61 Å². The van der Waals surface area contributed by atoms with Crippen LogP contribution in [0.5, 0.6) is 5.75 Å². The molecule has 0 spiro atoms. The van der Waals surface area contributed by atoms with Gasteiger partial charge in [-0.1, -0.05) is 13.0 Å². The second-order valence-corrected chi connectivity index (χ2v) is 3.88. The van der Waals surface area contributed by atoms with Crippen molar-refractivity contribution < 1.29 is 9.53 Å². The molecule has 5 heteroatoms. The molecule has 0 saturated carbocycles. The van der Waals surface area contributed by atoms with Gasteiger partial charge in [-0.3, -0.25) is 4.79 Å². The lowest BCUT2D eigenvalue weighted by molar-refractivity contribution is -0.123. The van der Waals surface area contributed by atoms with Crippen LogP contribution in [0.15, 0.2) is 24.3 Å². The van der Waals surface area contributed by atoms with Gasteiger partial charge in [0.2, 0.25) is 0 Å². The van der Waals surface area contributed by atoms with Gasteiger partial charge >= 0.3 is 0 Å². The van der Waals surface area contributed by atoms with E-state index in [0.29, 0.717) is 25.4 Å². The van der Waals surface area contributed by atoms with Crippen LogP contribution >= 0.6 is 0 Å². The third-order valence-electron chi connectivity index (χ3n) is 2.25. The molecule has 0 fully saturated rings. The van der Waals surface area contributed by atoms with Crippen LogP contribution in [-0.2, 0) is 4.79 Å². The zero-order valence-electron chi connectivity index (χ0n) is 10.7. The lowest BCUT2D eigenvalue weighted by Crippen LogP contribution is -2.29. The van der Waals surface area contributed by atoms with Crippen LogP contribution in [0.25, 0.3) is 0 Å². The highest BCUT2D eigenvalue weighted by atomic mass is 16.5. The summed E-state index contributed by atoms with van der Waals surface area (Å²) in [6.07, 6.45) is 0.921. The monoisotopic (exact) mass is 251 g/mol. The maximum absolute atomic E-state index is 11.4.